The minimum atomic E-state index is -4.76. The maximum absolute atomic E-state index is 14.5. The molecule has 0 saturated heterocycles. The maximum atomic E-state index is 14.5. The predicted octanol–water partition coefficient (Wildman–Crippen LogP) is 5.68. The smallest absolute Gasteiger partial charge is 0.258 e. The van der Waals surface area contributed by atoms with E-state index in [1.165, 1.54) is 48.5 Å². The van der Waals surface area contributed by atoms with Crippen LogP contribution in [0.3, 0.4) is 0 Å². The van der Waals surface area contributed by atoms with Gasteiger partial charge in [0.2, 0.25) is 40.1 Å². The molecule has 0 saturated carbocycles. The highest BCUT2D eigenvalue weighted by atomic mass is 32.2. The summed E-state index contributed by atoms with van der Waals surface area (Å²) in [5, 5.41) is 24.1. The van der Waals surface area contributed by atoms with E-state index < -0.39 is 90.7 Å². The van der Waals surface area contributed by atoms with Gasteiger partial charge in [-0.1, -0.05) is 83.9 Å². The molecule has 0 atom stereocenters. The van der Waals surface area contributed by atoms with Crippen LogP contribution in [0.1, 0.15) is 35.1 Å². The fourth-order valence-electron chi connectivity index (χ4n) is 7.23. The third kappa shape index (κ3) is 10.7. The van der Waals surface area contributed by atoms with Crippen LogP contribution in [0.25, 0.3) is 0 Å². The molecule has 64 heavy (non-hydrogen) atoms. The van der Waals surface area contributed by atoms with Gasteiger partial charge in [-0.3, -0.25) is 20.2 Å². The van der Waals surface area contributed by atoms with Crippen molar-refractivity contribution in [2.24, 2.45) is 0 Å². The van der Waals surface area contributed by atoms with Crippen LogP contribution in [0.2, 0.25) is 0 Å². The number of hydrogen-bond donors (Lipinski definition) is 0. The number of nitrogens with zero attached hydrogens (tertiary/aromatic N) is 6. The molecule has 22 heteroatoms. The van der Waals surface area contributed by atoms with E-state index in [4.69, 9.17) is 0 Å². The van der Waals surface area contributed by atoms with Gasteiger partial charge in [-0.05, 0) is 74.2 Å². The average Bonchev–Trinajstić information content (AvgIpc) is 3.26. The maximum Gasteiger partial charge on any atom is 0.289 e. The zero-order valence-electron chi connectivity index (χ0n) is 34.8. The Morgan fingerprint density at radius 3 is 1.19 bits per heavy atom. The summed E-state index contributed by atoms with van der Waals surface area (Å²) in [4.78, 5) is 21.0. The van der Waals surface area contributed by atoms with Gasteiger partial charge in [0, 0.05) is 64.5 Å². The van der Waals surface area contributed by atoms with Gasteiger partial charge in [0.15, 0.2) is 9.79 Å². The molecule has 1 aliphatic rings. The molecule has 2 bridgehead atoms. The van der Waals surface area contributed by atoms with Gasteiger partial charge < -0.3 is 0 Å². The molecule has 340 valence electrons. The van der Waals surface area contributed by atoms with Crippen molar-refractivity contribution < 1.29 is 43.5 Å². The molecule has 1 heterocycles. The van der Waals surface area contributed by atoms with E-state index in [1.807, 2.05) is 0 Å². The molecule has 0 spiro atoms. The zero-order valence-corrected chi connectivity index (χ0v) is 38.1. The van der Waals surface area contributed by atoms with Gasteiger partial charge in [0.05, 0.1) is 19.6 Å². The zero-order chi connectivity index (χ0) is 46.5. The number of sulfonamides is 4. The van der Waals surface area contributed by atoms with Crippen molar-refractivity contribution in [2.45, 2.75) is 59.4 Å². The van der Waals surface area contributed by atoms with Crippen LogP contribution >= 0.6 is 0 Å². The van der Waals surface area contributed by atoms with Crippen molar-refractivity contribution in [3.8, 4) is 0 Å². The fraction of sp³-hybridized carbons (Fsp3) is 0.286. The topological polar surface area (TPSA) is 236 Å². The Bertz CT molecular complexity index is 2970. The standard InChI is InChI=1S/C42H46N6O12S4/c1-33-16-20-37(21-17-33)61(53,54)43-24-8-27-46(64(59,60)42-15-6-4-13-40(42)48(51)52)32-36-11-7-10-35(30-36)31-45(62(55,56)38-22-18-34(2)19-23-38)26-9-25-44(29-28-43)63(57,58)41-14-5-3-12-39(41)47(49)50/h3-7,10-23,30H,8-9,24-29,31-32H2,1-2H3. The van der Waals surface area contributed by atoms with Crippen LogP contribution < -0.4 is 0 Å². The number of para-hydroxylation sites is 2. The van der Waals surface area contributed by atoms with Crippen LogP contribution in [0.4, 0.5) is 11.4 Å². The van der Waals surface area contributed by atoms with Gasteiger partial charge >= 0.3 is 0 Å². The van der Waals surface area contributed by atoms with Crippen molar-refractivity contribution in [3.05, 3.63) is 164 Å². The molecule has 0 N–H and O–H groups in total. The number of benzene rings is 5. The third-order valence-electron chi connectivity index (χ3n) is 10.6. The van der Waals surface area contributed by atoms with E-state index >= 15 is 0 Å². The lowest BCUT2D eigenvalue weighted by Crippen LogP contribution is -2.43. The number of nitro groups is 2. The first-order valence-electron chi connectivity index (χ1n) is 19.9. The average molecular weight is 955 g/mol. The molecule has 0 aliphatic carbocycles. The van der Waals surface area contributed by atoms with E-state index in [0.29, 0.717) is 11.1 Å². The monoisotopic (exact) mass is 954 g/mol. The number of fused-ring (bicyclic) bond motifs is 2. The van der Waals surface area contributed by atoms with Crippen molar-refractivity contribution in [3.63, 3.8) is 0 Å². The predicted molar refractivity (Wildman–Crippen MR) is 237 cm³/mol. The van der Waals surface area contributed by atoms with Crippen molar-refractivity contribution in [1.82, 2.24) is 17.2 Å². The van der Waals surface area contributed by atoms with E-state index in [0.717, 1.165) is 52.6 Å². The Labute approximate surface area is 372 Å². The van der Waals surface area contributed by atoms with Crippen LogP contribution in [0.5, 0.6) is 0 Å². The summed E-state index contributed by atoms with van der Waals surface area (Å²) < 4.78 is 119. The minimum absolute atomic E-state index is 0.0526. The fourth-order valence-corrected chi connectivity index (χ4v) is 13.4. The SMILES string of the molecule is Cc1ccc(S(=O)(=O)N2CCCN(S(=O)(=O)c3ccccc3[N+](=O)[O-])Cc3cccc(c3)CN(S(=O)(=O)c3ccc(C)cc3)CCCN(S(=O)(=O)c3ccccc3[N+](=O)[O-])CC2)cc1. The molecule has 0 unspecified atom stereocenters. The number of rotatable bonds is 10. The lowest BCUT2D eigenvalue weighted by atomic mass is 10.1. The Balaban J connectivity index is 1.49. The molecule has 5 aromatic rings. The highest BCUT2D eigenvalue weighted by Gasteiger charge is 2.36. The molecular weight excluding hydrogens is 909 g/mol. The second-order valence-corrected chi connectivity index (χ2v) is 22.8. The molecule has 5 aromatic carbocycles. The van der Waals surface area contributed by atoms with E-state index in [1.54, 1.807) is 62.4 Å². The van der Waals surface area contributed by atoms with E-state index in [2.05, 4.69) is 0 Å². The molecule has 0 amide bonds. The van der Waals surface area contributed by atoms with Crippen LogP contribution in [-0.2, 0) is 53.2 Å². The summed E-state index contributed by atoms with van der Waals surface area (Å²) in [6, 6.07) is 27.9. The van der Waals surface area contributed by atoms with Crippen molar-refractivity contribution in [2.75, 3.05) is 39.3 Å². The largest absolute Gasteiger partial charge is 0.289 e. The lowest BCUT2D eigenvalue weighted by Gasteiger charge is -2.29. The molecule has 1 aliphatic heterocycles. The Hall–Kier alpha value is -5.46. The second-order valence-electron chi connectivity index (χ2n) is 15.1. The summed E-state index contributed by atoms with van der Waals surface area (Å²) in [5.74, 6) is 0. The van der Waals surface area contributed by atoms with Gasteiger partial charge in [-0.2, -0.15) is 17.2 Å². The molecule has 0 fully saturated rings. The molecule has 0 aromatic heterocycles. The highest BCUT2D eigenvalue weighted by molar-refractivity contribution is 7.90. The molecular formula is C42H46N6O12S4. The van der Waals surface area contributed by atoms with Crippen molar-refractivity contribution in [1.29, 1.82) is 0 Å². The summed E-state index contributed by atoms with van der Waals surface area (Å²) in [6.45, 7) is 0.483. The summed E-state index contributed by atoms with van der Waals surface area (Å²) in [5.41, 5.74) is 0.967. The number of hydrogen-bond acceptors (Lipinski definition) is 12. The molecule has 18 nitrogen and oxygen atoms in total. The highest BCUT2D eigenvalue weighted by Crippen LogP contribution is 2.30. The van der Waals surface area contributed by atoms with Crippen molar-refractivity contribution >= 4 is 51.5 Å². The Morgan fingerprint density at radius 1 is 0.422 bits per heavy atom. The van der Waals surface area contributed by atoms with E-state index in [9.17, 15) is 53.9 Å². The van der Waals surface area contributed by atoms with Gasteiger partial charge in [0.1, 0.15) is 0 Å². The van der Waals surface area contributed by atoms with Gasteiger partial charge in [0.25, 0.3) is 11.4 Å². The number of aryl methyl sites for hydroxylation is 2. The summed E-state index contributed by atoms with van der Waals surface area (Å²) in [6.07, 6.45) is -0.318. The molecule has 6 rings (SSSR count). The first-order valence-corrected chi connectivity index (χ1v) is 25.7. The number of nitro benzene ring substituents is 2. The normalized spacial score (nSPS) is 16.5. The third-order valence-corrected chi connectivity index (χ3v) is 18.2. The Kier molecular flexibility index (Phi) is 14.8. The van der Waals surface area contributed by atoms with E-state index in [-0.39, 0.29) is 55.4 Å². The molecule has 0 radical (unpaired) electrons. The quantitative estimate of drug-likeness (QED) is 0.122. The minimum Gasteiger partial charge on any atom is -0.258 e. The summed E-state index contributed by atoms with van der Waals surface area (Å²) >= 11 is 0. The lowest BCUT2D eigenvalue weighted by molar-refractivity contribution is -0.388. The first kappa shape index (κ1) is 48.0. The van der Waals surface area contributed by atoms with Gasteiger partial charge in [-0.15, -0.1) is 0 Å². The van der Waals surface area contributed by atoms with Crippen LogP contribution in [0.15, 0.2) is 141 Å². The summed E-state index contributed by atoms with van der Waals surface area (Å²) in [7, 11) is -18.1. The van der Waals surface area contributed by atoms with Crippen LogP contribution in [-0.4, -0.2) is 100 Å². The van der Waals surface area contributed by atoms with Gasteiger partial charge in [-0.25, -0.2) is 33.7 Å². The first-order chi connectivity index (χ1) is 30.2. The Morgan fingerprint density at radius 2 is 0.766 bits per heavy atom. The second kappa shape index (κ2) is 19.7. The van der Waals surface area contributed by atoms with Crippen LogP contribution in [0, 0.1) is 34.1 Å².